The van der Waals surface area contributed by atoms with Crippen molar-refractivity contribution in [3.05, 3.63) is 0 Å². The van der Waals surface area contributed by atoms with Crippen molar-refractivity contribution in [1.29, 1.82) is 0 Å². The number of alkyl halides is 3. The van der Waals surface area contributed by atoms with E-state index in [1.165, 1.54) is 0 Å². The number of halogens is 3. The molecule has 1 atom stereocenters. The van der Waals surface area contributed by atoms with E-state index in [1.807, 2.05) is 0 Å². The van der Waals surface area contributed by atoms with Crippen LogP contribution in [-0.2, 0) is 0 Å². The average Bonchev–Trinajstić information content (AvgIpc) is 1.59. The van der Waals surface area contributed by atoms with E-state index < -0.39 is 12.6 Å². The second-order valence-corrected chi connectivity index (χ2v) is 2.13. The van der Waals surface area contributed by atoms with Gasteiger partial charge in [0.2, 0.25) is 0 Å². The maximum atomic E-state index is 11.4. The summed E-state index contributed by atoms with van der Waals surface area (Å²) in [6.07, 6.45) is -4.80. The third kappa shape index (κ3) is 7.75. The van der Waals surface area contributed by atoms with E-state index in [4.69, 9.17) is 5.73 Å². The van der Waals surface area contributed by atoms with Crippen LogP contribution in [0.4, 0.5) is 13.2 Å². The first-order chi connectivity index (χ1) is 3.92. The van der Waals surface area contributed by atoms with Crippen molar-refractivity contribution < 1.29 is 13.2 Å². The summed E-state index contributed by atoms with van der Waals surface area (Å²) in [4.78, 5) is 0. The molecule has 4 heteroatoms. The van der Waals surface area contributed by atoms with Crippen LogP contribution in [0.5, 0.6) is 0 Å². The normalized spacial score (nSPS) is 15.7. The maximum Gasteiger partial charge on any atom is 0.389 e. The molecule has 0 saturated heterocycles. The third-order valence-corrected chi connectivity index (χ3v) is 0.883. The molecule has 0 aromatic heterocycles. The molecule has 56 valence electrons. The van der Waals surface area contributed by atoms with Crippen molar-refractivity contribution in [2.24, 2.45) is 5.73 Å². The Labute approximate surface area is 52.0 Å². The standard InChI is InChI=1S/C5H10F3N/c1-4(9)2-3-5(6,7)8/h4H,2-3,9H2,1H3. The Bertz CT molecular complexity index is 76.8. The fraction of sp³-hybridized carbons (Fsp3) is 1.00. The summed E-state index contributed by atoms with van der Waals surface area (Å²) in [5.41, 5.74) is 5.10. The maximum absolute atomic E-state index is 11.4. The average molecular weight is 141 g/mol. The van der Waals surface area contributed by atoms with Gasteiger partial charge in [-0.25, -0.2) is 0 Å². The number of hydrogen-bond donors (Lipinski definition) is 1. The molecule has 0 rings (SSSR count). The number of rotatable bonds is 2. The molecule has 9 heavy (non-hydrogen) atoms. The second-order valence-electron chi connectivity index (χ2n) is 2.13. The van der Waals surface area contributed by atoms with Gasteiger partial charge in [0.15, 0.2) is 0 Å². The molecule has 2 N–H and O–H groups in total. The van der Waals surface area contributed by atoms with E-state index in [1.54, 1.807) is 6.92 Å². The van der Waals surface area contributed by atoms with Gasteiger partial charge in [-0.2, -0.15) is 13.2 Å². The Morgan fingerprint density at radius 2 is 1.89 bits per heavy atom. The van der Waals surface area contributed by atoms with E-state index in [9.17, 15) is 13.2 Å². The highest BCUT2D eigenvalue weighted by atomic mass is 19.4. The first-order valence-electron chi connectivity index (χ1n) is 2.74. The van der Waals surface area contributed by atoms with E-state index in [-0.39, 0.29) is 12.5 Å². The summed E-state index contributed by atoms with van der Waals surface area (Å²) < 4.78 is 34.1. The molecule has 0 aromatic rings. The Hall–Kier alpha value is -0.250. The zero-order chi connectivity index (χ0) is 7.49. The van der Waals surface area contributed by atoms with Crippen molar-refractivity contribution in [3.8, 4) is 0 Å². The predicted molar refractivity (Wildman–Crippen MR) is 28.9 cm³/mol. The molecule has 1 unspecified atom stereocenters. The summed E-state index contributed by atoms with van der Waals surface area (Å²) in [6.45, 7) is 1.56. The van der Waals surface area contributed by atoms with Crippen LogP contribution in [-0.4, -0.2) is 12.2 Å². The first kappa shape index (κ1) is 8.75. The van der Waals surface area contributed by atoms with Gasteiger partial charge in [0.25, 0.3) is 0 Å². The van der Waals surface area contributed by atoms with Crippen molar-refractivity contribution in [3.63, 3.8) is 0 Å². The smallest absolute Gasteiger partial charge is 0.328 e. The van der Waals surface area contributed by atoms with E-state index in [2.05, 4.69) is 0 Å². The van der Waals surface area contributed by atoms with Gasteiger partial charge in [0, 0.05) is 12.5 Å². The molecule has 0 bridgehead atoms. The van der Waals surface area contributed by atoms with Crippen LogP contribution >= 0.6 is 0 Å². The van der Waals surface area contributed by atoms with Crippen LogP contribution in [0.25, 0.3) is 0 Å². The fourth-order valence-electron chi connectivity index (χ4n) is 0.391. The Morgan fingerprint density at radius 3 is 2.00 bits per heavy atom. The van der Waals surface area contributed by atoms with Gasteiger partial charge in [0.05, 0.1) is 0 Å². The number of nitrogens with two attached hydrogens (primary N) is 1. The van der Waals surface area contributed by atoms with E-state index in [0.29, 0.717) is 0 Å². The Balaban J connectivity index is 3.28. The lowest BCUT2D eigenvalue weighted by atomic mass is 10.2. The first-order valence-corrected chi connectivity index (χ1v) is 2.74. The highest BCUT2D eigenvalue weighted by Crippen LogP contribution is 2.21. The van der Waals surface area contributed by atoms with Crippen LogP contribution in [0.15, 0.2) is 0 Å². The largest absolute Gasteiger partial charge is 0.389 e. The SMILES string of the molecule is CC(N)CCC(F)(F)F. The Morgan fingerprint density at radius 1 is 1.44 bits per heavy atom. The highest BCUT2D eigenvalue weighted by molar-refractivity contribution is 4.57. The van der Waals surface area contributed by atoms with Crippen molar-refractivity contribution in [2.75, 3.05) is 0 Å². The molecule has 0 radical (unpaired) electrons. The molecule has 0 aliphatic carbocycles. The predicted octanol–water partition coefficient (Wildman–Crippen LogP) is 1.68. The monoisotopic (exact) mass is 141 g/mol. The molecule has 0 aliphatic heterocycles. The van der Waals surface area contributed by atoms with Crippen molar-refractivity contribution in [1.82, 2.24) is 0 Å². The van der Waals surface area contributed by atoms with Gasteiger partial charge in [0.1, 0.15) is 0 Å². The van der Waals surface area contributed by atoms with Gasteiger partial charge in [-0.3, -0.25) is 0 Å². The van der Waals surface area contributed by atoms with Gasteiger partial charge < -0.3 is 5.73 Å². The minimum absolute atomic E-state index is 0.0174. The highest BCUT2D eigenvalue weighted by Gasteiger charge is 2.26. The molecule has 0 heterocycles. The third-order valence-electron chi connectivity index (χ3n) is 0.883. The van der Waals surface area contributed by atoms with Crippen molar-refractivity contribution in [2.45, 2.75) is 32.0 Å². The van der Waals surface area contributed by atoms with Gasteiger partial charge in [-0.05, 0) is 13.3 Å². The van der Waals surface area contributed by atoms with E-state index >= 15 is 0 Å². The molecule has 0 saturated carbocycles. The lowest BCUT2D eigenvalue weighted by Crippen LogP contribution is -2.18. The lowest BCUT2D eigenvalue weighted by molar-refractivity contribution is -0.136. The topological polar surface area (TPSA) is 26.0 Å². The zero-order valence-corrected chi connectivity index (χ0v) is 5.20. The molecule has 0 aliphatic rings. The van der Waals surface area contributed by atoms with Crippen LogP contribution in [0.2, 0.25) is 0 Å². The summed E-state index contributed by atoms with van der Waals surface area (Å²) in [7, 11) is 0. The minimum Gasteiger partial charge on any atom is -0.328 e. The van der Waals surface area contributed by atoms with Crippen LogP contribution in [0.1, 0.15) is 19.8 Å². The van der Waals surface area contributed by atoms with Gasteiger partial charge in [-0.1, -0.05) is 0 Å². The van der Waals surface area contributed by atoms with Gasteiger partial charge in [-0.15, -0.1) is 0 Å². The van der Waals surface area contributed by atoms with Crippen LogP contribution < -0.4 is 5.73 Å². The van der Waals surface area contributed by atoms with Crippen LogP contribution in [0.3, 0.4) is 0 Å². The second kappa shape index (κ2) is 3.06. The lowest BCUT2D eigenvalue weighted by Gasteiger charge is -2.07. The molecule has 0 amide bonds. The number of hydrogen-bond acceptors (Lipinski definition) is 1. The van der Waals surface area contributed by atoms with Gasteiger partial charge >= 0.3 is 6.18 Å². The molecule has 0 fully saturated rings. The Kier molecular flexibility index (Phi) is 2.97. The molecule has 0 spiro atoms. The van der Waals surface area contributed by atoms with Crippen molar-refractivity contribution >= 4 is 0 Å². The molecular formula is C5H10F3N. The van der Waals surface area contributed by atoms with Crippen LogP contribution in [0, 0.1) is 0 Å². The zero-order valence-electron chi connectivity index (χ0n) is 5.20. The molecule has 0 aromatic carbocycles. The van der Waals surface area contributed by atoms with E-state index in [0.717, 1.165) is 0 Å². The quantitative estimate of drug-likeness (QED) is 0.622. The fourth-order valence-corrected chi connectivity index (χ4v) is 0.391. The summed E-state index contributed by atoms with van der Waals surface area (Å²) >= 11 is 0. The summed E-state index contributed by atoms with van der Waals surface area (Å²) in [6, 6.07) is -0.355. The molecule has 1 nitrogen and oxygen atoms in total. The molecular weight excluding hydrogens is 131 g/mol. The minimum atomic E-state index is -4.05. The summed E-state index contributed by atoms with van der Waals surface area (Å²) in [5, 5.41) is 0. The summed E-state index contributed by atoms with van der Waals surface area (Å²) in [5.74, 6) is 0.